The van der Waals surface area contributed by atoms with Gasteiger partial charge in [0.25, 0.3) is 11.9 Å². The van der Waals surface area contributed by atoms with Crippen LogP contribution in [-0.2, 0) is 21.2 Å². The lowest BCUT2D eigenvalue weighted by Gasteiger charge is -2.35. The maximum atomic E-state index is 14.8. The number of carbonyl (C=O) groups is 1. The molecule has 0 saturated carbocycles. The molecule has 4 rings (SSSR count). The van der Waals surface area contributed by atoms with E-state index in [-0.39, 0.29) is 36.2 Å². The first-order chi connectivity index (χ1) is 15.1. The molecule has 0 aliphatic carbocycles. The molecule has 3 atom stereocenters. The highest BCUT2D eigenvalue weighted by molar-refractivity contribution is 6.02. The summed E-state index contributed by atoms with van der Waals surface area (Å²) in [6, 6.07) is 5.11. The molecule has 7 nitrogen and oxygen atoms in total. The van der Waals surface area contributed by atoms with Crippen molar-refractivity contribution in [3.8, 4) is 0 Å². The predicted molar refractivity (Wildman–Crippen MR) is 102 cm³/mol. The Hall–Kier alpha value is -3.28. The van der Waals surface area contributed by atoms with E-state index in [0.717, 1.165) is 18.2 Å². The van der Waals surface area contributed by atoms with E-state index in [2.05, 4.69) is 15.3 Å². The van der Waals surface area contributed by atoms with Crippen molar-refractivity contribution in [2.24, 2.45) is 16.6 Å². The van der Waals surface area contributed by atoms with Crippen LogP contribution in [0, 0.1) is 11.7 Å². The summed E-state index contributed by atoms with van der Waals surface area (Å²) in [7, 11) is 0. The fraction of sp³-hybridized carbons (Fsp3) is 0.350. The molecule has 1 amide bonds. The van der Waals surface area contributed by atoms with Crippen LogP contribution in [-0.4, -0.2) is 42.9 Å². The highest BCUT2D eigenvalue weighted by Crippen LogP contribution is 2.46. The van der Waals surface area contributed by atoms with Crippen LogP contribution in [0.3, 0.4) is 0 Å². The first-order valence-corrected chi connectivity index (χ1v) is 9.44. The number of rotatable bonds is 4. The number of aromatic nitrogens is 1. The summed E-state index contributed by atoms with van der Waals surface area (Å²) >= 11 is 0. The zero-order valence-electron chi connectivity index (χ0n) is 16.3. The Morgan fingerprint density at radius 1 is 1.28 bits per heavy atom. The van der Waals surface area contributed by atoms with Gasteiger partial charge in [-0.2, -0.15) is 13.2 Å². The van der Waals surface area contributed by atoms with Crippen molar-refractivity contribution >= 4 is 17.6 Å². The number of halogens is 5. The number of nitrogens with two attached hydrogens (primary N) is 1. The van der Waals surface area contributed by atoms with Gasteiger partial charge < -0.3 is 20.5 Å². The normalized spacial score (nSPS) is 25.0. The molecule has 3 unspecified atom stereocenters. The second-order valence-electron chi connectivity index (χ2n) is 7.37. The van der Waals surface area contributed by atoms with Crippen molar-refractivity contribution in [3.05, 3.63) is 59.2 Å². The molecule has 0 radical (unpaired) electrons. The second-order valence-corrected chi connectivity index (χ2v) is 7.37. The number of amidine groups is 1. The summed E-state index contributed by atoms with van der Waals surface area (Å²) in [6.45, 7) is -1.01. The summed E-state index contributed by atoms with van der Waals surface area (Å²) in [5.74, 6) is -2.14. The summed E-state index contributed by atoms with van der Waals surface area (Å²) < 4.78 is 76.9. The predicted octanol–water partition coefficient (Wildman–Crippen LogP) is 3.02. The molecule has 3 heterocycles. The summed E-state index contributed by atoms with van der Waals surface area (Å²) in [4.78, 5) is 20.2. The molecule has 1 aromatic carbocycles. The van der Waals surface area contributed by atoms with E-state index < -0.39 is 47.7 Å². The van der Waals surface area contributed by atoms with Gasteiger partial charge >= 0.3 is 6.18 Å². The topological polar surface area (TPSA) is 98.8 Å². The van der Waals surface area contributed by atoms with Gasteiger partial charge in [-0.1, -0.05) is 0 Å². The van der Waals surface area contributed by atoms with Crippen molar-refractivity contribution in [1.82, 2.24) is 4.98 Å². The number of hydrogen-bond acceptors (Lipinski definition) is 6. The van der Waals surface area contributed by atoms with E-state index >= 15 is 0 Å². The number of anilines is 1. The number of aliphatic imine (C=N–C) groups is 1. The van der Waals surface area contributed by atoms with Gasteiger partial charge in [-0.15, -0.1) is 0 Å². The van der Waals surface area contributed by atoms with Gasteiger partial charge in [0, 0.05) is 17.4 Å². The molecule has 170 valence electrons. The second kappa shape index (κ2) is 8.01. The quantitative estimate of drug-likeness (QED) is 0.690. The van der Waals surface area contributed by atoms with Crippen LogP contribution in [0.5, 0.6) is 0 Å². The Bertz CT molecular complexity index is 1060. The van der Waals surface area contributed by atoms with Gasteiger partial charge in [0.2, 0.25) is 0 Å². The SMILES string of the molecule is NC1=NC2(c3cc(NC(=O)c4ccc(C(F)(F)F)cn4)ccc3F)COC(CF)C2CO1. The first kappa shape index (κ1) is 21.9. The van der Waals surface area contributed by atoms with Crippen LogP contribution >= 0.6 is 0 Å². The van der Waals surface area contributed by atoms with Crippen LogP contribution < -0.4 is 11.1 Å². The van der Waals surface area contributed by atoms with E-state index in [4.69, 9.17) is 15.2 Å². The van der Waals surface area contributed by atoms with Gasteiger partial charge in [0.1, 0.15) is 23.7 Å². The fourth-order valence-electron chi connectivity index (χ4n) is 3.84. The third-order valence-electron chi connectivity index (χ3n) is 5.47. The van der Waals surface area contributed by atoms with Crippen molar-refractivity contribution in [1.29, 1.82) is 0 Å². The highest BCUT2D eigenvalue weighted by Gasteiger charge is 2.55. The Kier molecular flexibility index (Phi) is 5.49. The van der Waals surface area contributed by atoms with Gasteiger partial charge in [-0.3, -0.25) is 9.78 Å². The van der Waals surface area contributed by atoms with Crippen LogP contribution in [0.15, 0.2) is 41.5 Å². The zero-order chi connectivity index (χ0) is 23.1. The van der Waals surface area contributed by atoms with Crippen molar-refractivity contribution < 1.29 is 36.2 Å². The summed E-state index contributed by atoms with van der Waals surface area (Å²) in [5.41, 5.74) is 3.21. The van der Waals surface area contributed by atoms with E-state index in [9.17, 15) is 26.7 Å². The van der Waals surface area contributed by atoms with Crippen LogP contribution in [0.4, 0.5) is 27.6 Å². The van der Waals surface area contributed by atoms with Gasteiger partial charge in [0.05, 0.1) is 30.8 Å². The van der Waals surface area contributed by atoms with Crippen LogP contribution in [0.25, 0.3) is 0 Å². The molecule has 0 bridgehead atoms. The van der Waals surface area contributed by atoms with Gasteiger partial charge in [-0.05, 0) is 30.3 Å². The minimum atomic E-state index is -4.59. The number of benzene rings is 1. The first-order valence-electron chi connectivity index (χ1n) is 9.44. The monoisotopic (exact) mass is 456 g/mol. The number of hydrogen-bond donors (Lipinski definition) is 2. The maximum absolute atomic E-state index is 14.8. The molecule has 2 aliphatic rings. The number of ether oxygens (including phenoxy) is 2. The Labute approximate surface area is 178 Å². The van der Waals surface area contributed by atoms with E-state index in [1.165, 1.54) is 12.1 Å². The van der Waals surface area contributed by atoms with Crippen LogP contribution in [0.1, 0.15) is 21.6 Å². The number of alkyl halides is 4. The third kappa shape index (κ3) is 3.85. The van der Waals surface area contributed by atoms with Crippen LogP contribution in [0.2, 0.25) is 0 Å². The van der Waals surface area contributed by atoms with E-state index in [1.807, 2.05) is 0 Å². The lowest BCUT2D eigenvalue weighted by molar-refractivity contribution is -0.137. The molecule has 2 aliphatic heterocycles. The Morgan fingerprint density at radius 2 is 2.06 bits per heavy atom. The number of carbonyl (C=O) groups excluding carboxylic acids is 1. The number of amides is 1. The van der Waals surface area contributed by atoms with E-state index in [1.54, 1.807) is 0 Å². The molecule has 32 heavy (non-hydrogen) atoms. The molecule has 0 spiro atoms. The Balaban J connectivity index is 1.63. The largest absolute Gasteiger partial charge is 0.465 e. The third-order valence-corrected chi connectivity index (χ3v) is 5.47. The number of nitrogens with one attached hydrogen (secondary N) is 1. The van der Waals surface area contributed by atoms with Crippen molar-refractivity contribution in [3.63, 3.8) is 0 Å². The smallest absolute Gasteiger partial charge is 0.417 e. The fourth-order valence-corrected chi connectivity index (χ4v) is 3.84. The lowest BCUT2D eigenvalue weighted by Crippen LogP contribution is -2.45. The molecule has 12 heteroatoms. The molecule has 1 saturated heterocycles. The van der Waals surface area contributed by atoms with E-state index in [0.29, 0.717) is 6.20 Å². The standard InChI is InChI=1S/C20H17F5N4O3/c21-6-16-13-8-31-18(26)29-19(13,9-32-16)12-5-11(2-3-14(12)22)28-17(30)15-4-1-10(7-27-15)20(23,24)25/h1-5,7,13,16H,6,8-9H2,(H2,26,29)(H,28,30). The lowest BCUT2D eigenvalue weighted by atomic mass is 9.78. The summed E-state index contributed by atoms with van der Waals surface area (Å²) in [5, 5.41) is 2.46. The molecular formula is C20H17F5N4O3. The number of fused-ring (bicyclic) bond motifs is 1. The highest BCUT2D eigenvalue weighted by atomic mass is 19.4. The average molecular weight is 456 g/mol. The average Bonchev–Trinajstić information content (AvgIpc) is 3.13. The molecule has 3 N–H and O–H groups in total. The number of pyridine rings is 1. The Morgan fingerprint density at radius 3 is 2.72 bits per heavy atom. The molecular weight excluding hydrogens is 439 g/mol. The molecule has 1 fully saturated rings. The van der Waals surface area contributed by atoms with Gasteiger partial charge in [0.15, 0.2) is 0 Å². The summed E-state index contributed by atoms with van der Waals surface area (Å²) in [6.07, 6.45) is -4.92. The minimum Gasteiger partial charge on any atom is -0.465 e. The molecule has 1 aromatic heterocycles. The molecule has 2 aromatic rings. The van der Waals surface area contributed by atoms with Gasteiger partial charge in [-0.25, -0.2) is 13.8 Å². The minimum absolute atomic E-state index is 0.0166. The number of nitrogens with zero attached hydrogens (tertiary/aromatic N) is 2. The van der Waals surface area contributed by atoms with Crippen molar-refractivity contribution in [2.45, 2.75) is 17.8 Å². The van der Waals surface area contributed by atoms with Crippen molar-refractivity contribution in [2.75, 3.05) is 25.2 Å². The maximum Gasteiger partial charge on any atom is 0.417 e. The zero-order valence-corrected chi connectivity index (χ0v) is 16.3.